The number of rotatable bonds is 3. The van der Waals surface area contributed by atoms with Crippen molar-refractivity contribution in [2.45, 2.75) is 12.8 Å². The maximum absolute atomic E-state index is 6.38. The molecule has 48 heavy (non-hydrogen) atoms. The number of nitrogens with zero attached hydrogens (tertiary/aromatic N) is 4. The number of aryl methyl sites for hydroxylation is 1. The van der Waals surface area contributed by atoms with Gasteiger partial charge in [0.05, 0.1) is 33.5 Å². The molecular weight excluding hydrogens is 589 g/mol. The lowest BCUT2D eigenvalue weighted by Crippen LogP contribution is -1.96. The number of hydrogen-bond donors (Lipinski definition) is 0. The van der Waals surface area contributed by atoms with Crippen LogP contribution in [0, 0.1) is 0 Å². The van der Waals surface area contributed by atoms with E-state index in [4.69, 9.17) is 9.40 Å². The van der Waals surface area contributed by atoms with Gasteiger partial charge in [0.2, 0.25) is 5.78 Å². The van der Waals surface area contributed by atoms with Crippen molar-refractivity contribution in [1.29, 1.82) is 0 Å². The second-order valence-corrected chi connectivity index (χ2v) is 12.8. The fourth-order valence-corrected chi connectivity index (χ4v) is 7.96. The summed E-state index contributed by atoms with van der Waals surface area (Å²) >= 11 is 0. The summed E-state index contributed by atoms with van der Waals surface area (Å²) in [5.41, 5.74) is 13.4. The minimum atomic E-state index is 0.887. The Balaban J connectivity index is 1.08. The average Bonchev–Trinajstić information content (AvgIpc) is 3.88. The van der Waals surface area contributed by atoms with Crippen LogP contribution in [0.1, 0.15) is 17.8 Å². The van der Waals surface area contributed by atoms with E-state index in [0.717, 1.165) is 74.3 Å². The average molecular weight is 617 g/mol. The molecule has 0 spiro atoms. The Morgan fingerprint density at radius 3 is 2.00 bits per heavy atom. The normalized spacial score (nSPS) is 13.2. The SMILES string of the molecule is C1=Cc2nc3n(-c4cccc(-c5ccc6oc7ccc(-n8c9ccccc9c9ccccc98)cc7c6c5)c4)c4ccccc4n3c2CC1. The highest BCUT2D eigenvalue weighted by molar-refractivity contribution is 6.11. The molecule has 4 aromatic heterocycles. The van der Waals surface area contributed by atoms with Crippen LogP contribution in [-0.2, 0) is 6.42 Å². The van der Waals surface area contributed by atoms with Gasteiger partial charge in [0.1, 0.15) is 11.2 Å². The number of furan rings is 1. The molecule has 10 aromatic rings. The topological polar surface area (TPSA) is 40.3 Å². The van der Waals surface area contributed by atoms with Crippen LogP contribution in [0.5, 0.6) is 0 Å². The number of aromatic nitrogens is 4. The zero-order valence-electron chi connectivity index (χ0n) is 26.0. The number of fused-ring (bicyclic) bond motifs is 11. The molecule has 5 heteroatoms. The third kappa shape index (κ3) is 3.53. The summed E-state index contributed by atoms with van der Waals surface area (Å²) in [6, 6.07) is 47.8. The third-order valence-corrected chi connectivity index (χ3v) is 10.1. The Kier molecular flexibility index (Phi) is 5.16. The quantitative estimate of drug-likeness (QED) is 0.198. The van der Waals surface area contributed by atoms with Crippen molar-refractivity contribution in [3.05, 3.63) is 151 Å². The molecule has 0 unspecified atom stereocenters. The lowest BCUT2D eigenvalue weighted by atomic mass is 10.0. The molecule has 4 heterocycles. The van der Waals surface area contributed by atoms with Crippen molar-refractivity contribution in [3.63, 3.8) is 0 Å². The Labute approximate surface area is 275 Å². The molecule has 0 saturated heterocycles. The van der Waals surface area contributed by atoms with Gasteiger partial charge in [-0.25, -0.2) is 4.98 Å². The second-order valence-electron chi connectivity index (χ2n) is 12.8. The summed E-state index contributed by atoms with van der Waals surface area (Å²) in [7, 11) is 0. The monoisotopic (exact) mass is 616 g/mol. The molecule has 0 aliphatic heterocycles. The maximum Gasteiger partial charge on any atom is 0.220 e. The van der Waals surface area contributed by atoms with Crippen LogP contribution in [0.15, 0.2) is 144 Å². The summed E-state index contributed by atoms with van der Waals surface area (Å²) in [5, 5.41) is 4.73. The van der Waals surface area contributed by atoms with Gasteiger partial charge in [0, 0.05) is 32.9 Å². The van der Waals surface area contributed by atoms with Crippen LogP contribution in [0.2, 0.25) is 0 Å². The Hall–Kier alpha value is -6.33. The first-order valence-corrected chi connectivity index (χ1v) is 16.5. The zero-order chi connectivity index (χ0) is 31.3. The summed E-state index contributed by atoms with van der Waals surface area (Å²) < 4.78 is 13.4. The van der Waals surface area contributed by atoms with Crippen LogP contribution >= 0.6 is 0 Å². The van der Waals surface area contributed by atoms with E-state index in [-0.39, 0.29) is 0 Å². The maximum atomic E-state index is 6.38. The molecule has 0 radical (unpaired) electrons. The molecule has 6 aromatic carbocycles. The van der Waals surface area contributed by atoms with Gasteiger partial charge in [-0.15, -0.1) is 0 Å². The number of imidazole rings is 2. The first-order valence-electron chi connectivity index (χ1n) is 16.5. The standard InChI is InChI=1S/C43H28N4O/c1-4-15-36-31(12-1)32-13-2-5-16-37(32)45(36)30-21-23-42-34(26-30)33-25-28(20-22-41(33)48-42)27-10-9-11-29(24-27)46-39-18-7-8-19-40(39)47-38-17-6-3-14-35(38)44-43(46)47/h1-5,7-16,18-26H,6,17H2. The number of para-hydroxylation sites is 4. The summed E-state index contributed by atoms with van der Waals surface area (Å²) in [4.78, 5) is 5.13. The van der Waals surface area contributed by atoms with Gasteiger partial charge in [-0.1, -0.05) is 72.8 Å². The molecule has 226 valence electrons. The number of allylic oxidation sites excluding steroid dienone is 1. The number of hydrogen-bond acceptors (Lipinski definition) is 2. The first-order chi connectivity index (χ1) is 23.8. The van der Waals surface area contributed by atoms with Gasteiger partial charge in [-0.2, -0.15) is 0 Å². The molecule has 5 nitrogen and oxygen atoms in total. The van der Waals surface area contributed by atoms with Crippen LogP contribution in [0.4, 0.5) is 0 Å². The molecular formula is C43H28N4O. The fraction of sp³-hybridized carbons (Fsp3) is 0.0465. The highest BCUT2D eigenvalue weighted by Crippen LogP contribution is 2.38. The largest absolute Gasteiger partial charge is 0.456 e. The van der Waals surface area contributed by atoms with E-state index < -0.39 is 0 Å². The molecule has 0 N–H and O–H groups in total. The highest BCUT2D eigenvalue weighted by Gasteiger charge is 2.21. The van der Waals surface area contributed by atoms with E-state index in [0.29, 0.717) is 0 Å². The van der Waals surface area contributed by atoms with E-state index in [1.54, 1.807) is 0 Å². The van der Waals surface area contributed by atoms with Gasteiger partial charge in [-0.05, 0) is 96.8 Å². The van der Waals surface area contributed by atoms with Gasteiger partial charge in [-0.3, -0.25) is 8.97 Å². The predicted octanol–water partition coefficient (Wildman–Crippen LogP) is 10.9. The van der Waals surface area contributed by atoms with Crippen LogP contribution in [0.3, 0.4) is 0 Å². The minimum Gasteiger partial charge on any atom is -0.456 e. The smallest absolute Gasteiger partial charge is 0.220 e. The predicted molar refractivity (Wildman–Crippen MR) is 196 cm³/mol. The summed E-state index contributed by atoms with van der Waals surface area (Å²) in [5.74, 6) is 0.957. The van der Waals surface area contributed by atoms with Crippen molar-refractivity contribution in [3.8, 4) is 22.5 Å². The van der Waals surface area contributed by atoms with Gasteiger partial charge < -0.3 is 8.98 Å². The van der Waals surface area contributed by atoms with Crippen LogP contribution in [-0.4, -0.2) is 18.5 Å². The van der Waals surface area contributed by atoms with Crippen LogP contribution < -0.4 is 0 Å². The molecule has 0 saturated carbocycles. The van der Waals surface area contributed by atoms with E-state index in [1.165, 1.54) is 33.0 Å². The first kappa shape index (κ1) is 25.8. The van der Waals surface area contributed by atoms with E-state index in [9.17, 15) is 0 Å². The lowest BCUT2D eigenvalue weighted by Gasteiger charge is -2.09. The number of benzene rings is 6. The van der Waals surface area contributed by atoms with E-state index >= 15 is 0 Å². The van der Waals surface area contributed by atoms with Crippen molar-refractivity contribution in [2.75, 3.05) is 0 Å². The molecule has 0 fully saturated rings. The van der Waals surface area contributed by atoms with Gasteiger partial charge in [0.25, 0.3) is 0 Å². The van der Waals surface area contributed by atoms with Crippen molar-refractivity contribution in [1.82, 2.24) is 18.5 Å². The lowest BCUT2D eigenvalue weighted by molar-refractivity contribution is 0.669. The highest BCUT2D eigenvalue weighted by atomic mass is 16.3. The van der Waals surface area contributed by atoms with Crippen molar-refractivity contribution < 1.29 is 4.42 Å². The van der Waals surface area contributed by atoms with E-state index in [1.807, 2.05) is 0 Å². The summed E-state index contributed by atoms with van der Waals surface area (Å²) in [6.07, 6.45) is 6.43. The van der Waals surface area contributed by atoms with Crippen molar-refractivity contribution in [2.24, 2.45) is 0 Å². The van der Waals surface area contributed by atoms with E-state index in [2.05, 4.69) is 159 Å². The molecule has 0 bridgehead atoms. The Bertz CT molecular complexity index is 2910. The zero-order valence-corrected chi connectivity index (χ0v) is 26.0. The van der Waals surface area contributed by atoms with Gasteiger partial charge >= 0.3 is 0 Å². The van der Waals surface area contributed by atoms with Gasteiger partial charge in [0.15, 0.2) is 0 Å². The molecule has 1 aliphatic carbocycles. The Morgan fingerprint density at radius 2 is 1.19 bits per heavy atom. The molecule has 0 amide bonds. The second kappa shape index (κ2) is 9.60. The minimum absolute atomic E-state index is 0.887. The molecule has 1 aliphatic rings. The third-order valence-electron chi connectivity index (χ3n) is 10.1. The summed E-state index contributed by atoms with van der Waals surface area (Å²) in [6.45, 7) is 0. The molecule has 0 atom stereocenters. The van der Waals surface area contributed by atoms with Crippen molar-refractivity contribution >= 4 is 66.6 Å². The van der Waals surface area contributed by atoms with Crippen LogP contribution in [0.25, 0.3) is 89.1 Å². The Morgan fingerprint density at radius 1 is 0.521 bits per heavy atom. The fourth-order valence-electron chi connectivity index (χ4n) is 7.96. The molecule has 11 rings (SSSR count).